The number of benzene rings is 1. The Balaban J connectivity index is 1.85. The Morgan fingerprint density at radius 2 is 2.10 bits per heavy atom. The first-order valence-electron chi connectivity index (χ1n) is 7.96. The SMILES string of the molecule is Cc1ccc(C(=N)N)c(N2CCC3C(CCCN3C)C2)c1. The number of hydrogen-bond donors (Lipinski definition) is 2. The molecule has 0 aromatic heterocycles. The molecule has 2 aliphatic rings. The van der Waals surface area contributed by atoms with Crippen LogP contribution in [0.2, 0.25) is 0 Å². The Kier molecular flexibility index (Phi) is 3.89. The number of nitrogens with two attached hydrogens (primary N) is 1. The van der Waals surface area contributed by atoms with E-state index in [4.69, 9.17) is 11.1 Å². The number of rotatable bonds is 2. The number of anilines is 1. The van der Waals surface area contributed by atoms with Crippen LogP contribution in [0.4, 0.5) is 5.69 Å². The molecule has 1 aromatic carbocycles. The highest BCUT2D eigenvalue weighted by Crippen LogP contribution is 2.33. The van der Waals surface area contributed by atoms with Crippen molar-refractivity contribution in [1.29, 1.82) is 5.41 Å². The van der Waals surface area contributed by atoms with Crippen molar-refractivity contribution in [2.24, 2.45) is 11.7 Å². The summed E-state index contributed by atoms with van der Waals surface area (Å²) < 4.78 is 0. The average molecular weight is 286 g/mol. The number of nitrogens with zero attached hydrogens (tertiary/aromatic N) is 2. The summed E-state index contributed by atoms with van der Waals surface area (Å²) in [5, 5.41) is 7.82. The Labute approximate surface area is 127 Å². The number of amidine groups is 1. The molecule has 4 heteroatoms. The van der Waals surface area contributed by atoms with Crippen LogP contribution in [-0.4, -0.2) is 43.5 Å². The van der Waals surface area contributed by atoms with E-state index in [9.17, 15) is 0 Å². The molecule has 2 unspecified atom stereocenters. The zero-order valence-corrected chi connectivity index (χ0v) is 13.1. The van der Waals surface area contributed by atoms with Gasteiger partial charge < -0.3 is 15.5 Å². The van der Waals surface area contributed by atoms with Gasteiger partial charge in [-0.15, -0.1) is 0 Å². The molecule has 0 amide bonds. The van der Waals surface area contributed by atoms with Crippen LogP contribution in [0.5, 0.6) is 0 Å². The lowest BCUT2D eigenvalue weighted by molar-refractivity contribution is 0.102. The smallest absolute Gasteiger partial charge is 0.124 e. The third kappa shape index (κ3) is 2.77. The molecular weight excluding hydrogens is 260 g/mol. The molecule has 0 saturated carbocycles. The summed E-state index contributed by atoms with van der Waals surface area (Å²) >= 11 is 0. The largest absolute Gasteiger partial charge is 0.384 e. The average Bonchev–Trinajstić information content (AvgIpc) is 2.46. The molecule has 21 heavy (non-hydrogen) atoms. The second-order valence-electron chi connectivity index (χ2n) is 6.62. The summed E-state index contributed by atoms with van der Waals surface area (Å²) in [5.41, 5.74) is 9.03. The summed E-state index contributed by atoms with van der Waals surface area (Å²) in [7, 11) is 2.26. The van der Waals surface area contributed by atoms with Gasteiger partial charge in [-0.25, -0.2) is 0 Å². The van der Waals surface area contributed by atoms with Crippen LogP contribution in [0.1, 0.15) is 30.4 Å². The summed E-state index contributed by atoms with van der Waals surface area (Å²) in [6, 6.07) is 6.96. The number of hydrogen-bond acceptors (Lipinski definition) is 3. The van der Waals surface area contributed by atoms with Crippen LogP contribution >= 0.6 is 0 Å². The third-order valence-electron chi connectivity index (χ3n) is 5.13. The molecule has 2 atom stereocenters. The quantitative estimate of drug-likeness (QED) is 0.647. The van der Waals surface area contributed by atoms with Crippen LogP contribution in [0.15, 0.2) is 18.2 Å². The van der Waals surface area contributed by atoms with Crippen LogP contribution in [0.25, 0.3) is 0 Å². The molecule has 1 aromatic rings. The van der Waals surface area contributed by atoms with Gasteiger partial charge in [0, 0.05) is 30.4 Å². The normalized spacial score (nSPS) is 26.5. The maximum Gasteiger partial charge on any atom is 0.124 e. The van der Waals surface area contributed by atoms with Crippen molar-refractivity contribution in [3.8, 4) is 0 Å². The van der Waals surface area contributed by atoms with Gasteiger partial charge in [0.25, 0.3) is 0 Å². The van der Waals surface area contributed by atoms with Gasteiger partial charge >= 0.3 is 0 Å². The maximum atomic E-state index is 7.82. The van der Waals surface area contributed by atoms with E-state index in [1.165, 1.54) is 31.4 Å². The molecule has 2 saturated heterocycles. The standard InChI is InChI=1S/C17H26N4/c1-12-5-6-14(17(18)19)16(10-12)21-9-7-15-13(11-21)4-3-8-20(15)2/h5-6,10,13,15H,3-4,7-9,11H2,1-2H3,(H3,18,19). The van der Waals surface area contributed by atoms with Crippen LogP contribution in [-0.2, 0) is 0 Å². The van der Waals surface area contributed by atoms with Crippen molar-refractivity contribution in [2.45, 2.75) is 32.2 Å². The minimum Gasteiger partial charge on any atom is -0.384 e. The van der Waals surface area contributed by atoms with Crippen molar-refractivity contribution in [1.82, 2.24) is 4.90 Å². The van der Waals surface area contributed by atoms with Crippen LogP contribution in [0, 0.1) is 18.3 Å². The number of likely N-dealkylation sites (tertiary alicyclic amines) is 1. The summed E-state index contributed by atoms with van der Waals surface area (Å²) in [6.45, 7) is 5.51. The minimum absolute atomic E-state index is 0.174. The van der Waals surface area contributed by atoms with Gasteiger partial charge in [-0.05, 0) is 63.4 Å². The van der Waals surface area contributed by atoms with E-state index in [0.29, 0.717) is 0 Å². The van der Waals surface area contributed by atoms with E-state index in [1.54, 1.807) is 0 Å². The highest BCUT2D eigenvalue weighted by molar-refractivity contribution is 6.00. The molecule has 3 rings (SSSR count). The fourth-order valence-electron chi connectivity index (χ4n) is 4.00. The zero-order chi connectivity index (χ0) is 15.0. The van der Waals surface area contributed by atoms with Gasteiger partial charge in [-0.3, -0.25) is 5.41 Å². The molecule has 2 fully saturated rings. The summed E-state index contributed by atoms with van der Waals surface area (Å²) in [5.74, 6) is 0.922. The molecular formula is C17H26N4. The molecule has 0 aliphatic carbocycles. The van der Waals surface area contributed by atoms with E-state index < -0.39 is 0 Å². The fraction of sp³-hybridized carbons (Fsp3) is 0.588. The topological polar surface area (TPSA) is 56.4 Å². The minimum atomic E-state index is 0.174. The number of nitrogens with one attached hydrogen (secondary N) is 1. The molecule has 0 radical (unpaired) electrons. The fourth-order valence-corrected chi connectivity index (χ4v) is 4.00. The Morgan fingerprint density at radius 1 is 1.29 bits per heavy atom. The molecule has 2 heterocycles. The molecule has 4 nitrogen and oxygen atoms in total. The first kappa shape index (κ1) is 14.4. The number of piperidine rings is 2. The first-order chi connectivity index (χ1) is 10.1. The Hall–Kier alpha value is -1.55. The van der Waals surface area contributed by atoms with E-state index in [0.717, 1.165) is 36.3 Å². The van der Waals surface area contributed by atoms with Crippen LogP contribution < -0.4 is 10.6 Å². The monoisotopic (exact) mass is 286 g/mol. The highest BCUT2D eigenvalue weighted by atomic mass is 15.2. The number of aryl methyl sites for hydroxylation is 1. The summed E-state index contributed by atoms with van der Waals surface area (Å²) in [4.78, 5) is 4.98. The van der Waals surface area contributed by atoms with Gasteiger partial charge in [0.1, 0.15) is 5.84 Å². The van der Waals surface area contributed by atoms with Gasteiger partial charge in [0.2, 0.25) is 0 Å². The molecule has 2 aliphatic heterocycles. The number of nitrogen functional groups attached to an aromatic ring is 1. The molecule has 0 spiro atoms. The van der Waals surface area contributed by atoms with Crippen molar-refractivity contribution in [3.63, 3.8) is 0 Å². The van der Waals surface area contributed by atoms with Gasteiger partial charge in [0.15, 0.2) is 0 Å². The number of fused-ring (bicyclic) bond motifs is 1. The second-order valence-corrected chi connectivity index (χ2v) is 6.62. The first-order valence-corrected chi connectivity index (χ1v) is 7.96. The maximum absolute atomic E-state index is 7.82. The lowest BCUT2D eigenvalue weighted by Crippen LogP contribution is -2.53. The van der Waals surface area contributed by atoms with Crippen molar-refractivity contribution in [2.75, 3.05) is 31.6 Å². The second kappa shape index (κ2) is 5.68. The van der Waals surface area contributed by atoms with E-state index in [-0.39, 0.29) is 5.84 Å². The van der Waals surface area contributed by atoms with Gasteiger partial charge in [-0.1, -0.05) is 6.07 Å². The lowest BCUT2D eigenvalue weighted by Gasteiger charge is -2.47. The van der Waals surface area contributed by atoms with E-state index in [1.807, 2.05) is 12.1 Å². The molecule has 114 valence electrons. The molecule has 0 bridgehead atoms. The van der Waals surface area contributed by atoms with Crippen molar-refractivity contribution in [3.05, 3.63) is 29.3 Å². The lowest BCUT2D eigenvalue weighted by atomic mass is 9.84. The summed E-state index contributed by atoms with van der Waals surface area (Å²) in [6.07, 6.45) is 3.85. The van der Waals surface area contributed by atoms with Crippen LogP contribution in [0.3, 0.4) is 0 Å². The van der Waals surface area contributed by atoms with Crippen molar-refractivity contribution < 1.29 is 0 Å². The van der Waals surface area contributed by atoms with E-state index in [2.05, 4.69) is 29.8 Å². The predicted octanol–water partition coefficient (Wildman–Crippen LogP) is 2.20. The van der Waals surface area contributed by atoms with Gasteiger partial charge in [0.05, 0.1) is 0 Å². The van der Waals surface area contributed by atoms with E-state index >= 15 is 0 Å². The Bertz CT molecular complexity index is 540. The Morgan fingerprint density at radius 3 is 2.86 bits per heavy atom. The van der Waals surface area contributed by atoms with Gasteiger partial charge in [-0.2, -0.15) is 0 Å². The predicted molar refractivity (Wildman–Crippen MR) is 88.2 cm³/mol. The highest BCUT2D eigenvalue weighted by Gasteiger charge is 2.34. The third-order valence-corrected chi connectivity index (χ3v) is 5.13. The molecule has 3 N–H and O–H groups in total. The zero-order valence-electron chi connectivity index (χ0n) is 13.1. The van der Waals surface area contributed by atoms with Crippen molar-refractivity contribution >= 4 is 11.5 Å².